The number of carbonyl (C=O) groups is 1. The van der Waals surface area contributed by atoms with E-state index in [9.17, 15) is 13.2 Å². The lowest BCUT2D eigenvalue weighted by Gasteiger charge is -2.26. The molecule has 0 unspecified atom stereocenters. The van der Waals surface area contributed by atoms with E-state index in [1.807, 2.05) is 25.1 Å². The first-order valence-electron chi connectivity index (χ1n) is 10.4. The molecule has 168 valence electrons. The number of aromatic nitrogens is 1. The van der Waals surface area contributed by atoms with Crippen molar-refractivity contribution >= 4 is 49.2 Å². The molecule has 0 spiro atoms. The molecule has 3 aromatic rings. The van der Waals surface area contributed by atoms with Crippen LogP contribution in [-0.2, 0) is 14.8 Å². The number of aryl methyl sites for hydroxylation is 1. The Balaban J connectivity index is 1.52. The van der Waals surface area contributed by atoms with Crippen molar-refractivity contribution in [1.82, 2.24) is 9.29 Å². The summed E-state index contributed by atoms with van der Waals surface area (Å²) in [5.74, 6) is -0.00725. The lowest BCUT2D eigenvalue weighted by molar-refractivity contribution is -0.111. The largest absolute Gasteiger partial charge is 0.495 e. The van der Waals surface area contributed by atoms with Gasteiger partial charge in [-0.15, -0.1) is 11.3 Å². The molecule has 32 heavy (non-hydrogen) atoms. The number of ether oxygens (including phenoxy) is 1. The molecule has 0 radical (unpaired) electrons. The zero-order valence-electron chi connectivity index (χ0n) is 18.0. The fraction of sp³-hybridized carbons (Fsp3) is 0.304. The quantitative estimate of drug-likeness (QED) is 0.537. The Labute approximate surface area is 191 Å². The normalized spacial score (nSPS) is 15.3. The second-order valence-corrected chi connectivity index (χ2v) is 10.8. The fourth-order valence-corrected chi connectivity index (χ4v) is 6.29. The molecule has 1 fully saturated rings. The maximum absolute atomic E-state index is 13.1. The van der Waals surface area contributed by atoms with Gasteiger partial charge in [0, 0.05) is 24.9 Å². The van der Waals surface area contributed by atoms with E-state index in [-0.39, 0.29) is 10.8 Å². The van der Waals surface area contributed by atoms with Crippen molar-refractivity contribution in [3.63, 3.8) is 0 Å². The molecule has 1 amide bonds. The minimum Gasteiger partial charge on any atom is -0.495 e. The summed E-state index contributed by atoms with van der Waals surface area (Å²) >= 11 is 1.57. The van der Waals surface area contributed by atoms with Crippen LogP contribution in [-0.4, -0.2) is 43.8 Å². The standard InChI is InChI=1S/C23H25N3O4S2/c1-16-24-19-9-8-18(15-21(19)31-16)25-23(27)11-7-17-6-10-20(30-2)22(14-17)32(28,29)26-12-4-3-5-13-26/h6-11,14-15H,3-5,12-13H2,1-2H3,(H,25,27). The van der Waals surface area contributed by atoms with E-state index < -0.39 is 10.0 Å². The van der Waals surface area contributed by atoms with E-state index in [4.69, 9.17) is 4.74 Å². The number of hydrogen-bond acceptors (Lipinski definition) is 6. The van der Waals surface area contributed by atoms with Gasteiger partial charge in [0.25, 0.3) is 0 Å². The van der Waals surface area contributed by atoms with Crippen molar-refractivity contribution in [2.24, 2.45) is 0 Å². The number of piperidine rings is 1. The number of nitrogens with one attached hydrogen (secondary N) is 1. The number of rotatable bonds is 6. The van der Waals surface area contributed by atoms with Crippen molar-refractivity contribution in [2.45, 2.75) is 31.1 Å². The summed E-state index contributed by atoms with van der Waals surface area (Å²) in [6.07, 6.45) is 5.74. The van der Waals surface area contributed by atoms with Crippen molar-refractivity contribution in [3.05, 3.63) is 53.0 Å². The Hall–Kier alpha value is -2.75. The topological polar surface area (TPSA) is 88.6 Å². The Bertz CT molecular complexity index is 1280. The predicted molar refractivity (Wildman–Crippen MR) is 128 cm³/mol. The zero-order valence-corrected chi connectivity index (χ0v) is 19.6. The first kappa shape index (κ1) is 22.4. The highest BCUT2D eigenvalue weighted by atomic mass is 32.2. The van der Waals surface area contributed by atoms with Crippen molar-refractivity contribution in [3.8, 4) is 5.75 Å². The number of fused-ring (bicyclic) bond motifs is 1. The minimum absolute atomic E-state index is 0.121. The predicted octanol–water partition coefficient (Wildman–Crippen LogP) is 4.44. The summed E-state index contributed by atoms with van der Waals surface area (Å²) in [5.41, 5.74) is 2.19. The summed E-state index contributed by atoms with van der Waals surface area (Å²) in [7, 11) is -2.21. The molecule has 2 heterocycles. The van der Waals surface area contributed by atoms with Gasteiger partial charge in [-0.2, -0.15) is 4.31 Å². The molecule has 9 heteroatoms. The molecule has 4 rings (SSSR count). The van der Waals surface area contributed by atoms with Crippen LogP contribution in [0.3, 0.4) is 0 Å². The average molecular weight is 472 g/mol. The third-order valence-electron chi connectivity index (χ3n) is 5.31. The zero-order chi connectivity index (χ0) is 22.7. The van der Waals surface area contributed by atoms with Gasteiger partial charge in [0.15, 0.2) is 0 Å². The molecule has 0 bridgehead atoms. The summed E-state index contributed by atoms with van der Waals surface area (Å²) in [5, 5.41) is 3.81. The van der Waals surface area contributed by atoms with Gasteiger partial charge in [-0.05, 0) is 61.7 Å². The smallest absolute Gasteiger partial charge is 0.248 e. The van der Waals surface area contributed by atoms with Crippen LogP contribution in [0.25, 0.3) is 16.3 Å². The lowest BCUT2D eigenvalue weighted by atomic mass is 10.2. The number of nitrogens with zero attached hydrogens (tertiary/aromatic N) is 2. The second kappa shape index (κ2) is 9.40. The Morgan fingerprint density at radius 1 is 1.16 bits per heavy atom. The van der Waals surface area contributed by atoms with Gasteiger partial charge in [0.1, 0.15) is 10.6 Å². The number of benzene rings is 2. The number of amides is 1. The first-order valence-corrected chi connectivity index (χ1v) is 12.7. The van der Waals surface area contributed by atoms with Gasteiger partial charge in [0.05, 0.1) is 22.3 Å². The Morgan fingerprint density at radius 2 is 1.94 bits per heavy atom. The summed E-state index contributed by atoms with van der Waals surface area (Å²) in [4.78, 5) is 17.0. The third-order valence-corrected chi connectivity index (χ3v) is 8.16. The van der Waals surface area contributed by atoms with Crippen LogP contribution in [0.15, 0.2) is 47.4 Å². The number of hydrogen-bond donors (Lipinski definition) is 1. The SMILES string of the molecule is COc1ccc(C=CC(=O)Nc2ccc3nc(C)sc3c2)cc1S(=O)(=O)N1CCCCC1. The van der Waals surface area contributed by atoms with Crippen LogP contribution in [0.1, 0.15) is 29.8 Å². The average Bonchev–Trinajstić information content (AvgIpc) is 3.17. The highest BCUT2D eigenvalue weighted by Crippen LogP contribution is 2.30. The number of carbonyl (C=O) groups excluding carboxylic acids is 1. The molecule has 1 aliphatic heterocycles. The van der Waals surface area contributed by atoms with E-state index >= 15 is 0 Å². The molecule has 0 saturated carbocycles. The van der Waals surface area contributed by atoms with E-state index in [2.05, 4.69) is 10.3 Å². The number of thiazole rings is 1. The monoisotopic (exact) mass is 471 g/mol. The van der Waals surface area contributed by atoms with Gasteiger partial charge in [0.2, 0.25) is 15.9 Å². The third kappa shape index (κ3) is 4.85. The van der Waals surface area contributed by atoms with Crippen molar-refractivity contribution in [2.75, 3.05) is 25.5 Å². The van der Waals surface area contributed by atoms with Gasteiger partial charge in [-0.25, -0.2) is 13.4 Å². The van der Waals surface area contributed by atoms with E-state index in [0.717, 1.165) is 34.5 Å². The molecule has 1 aromatic heterocycles. The van der Waals surface area contributed by atoms with Gasteiger partial charge in [-0.1, -0.05) is 12.5 Å². The fourth-order valence-electron chi connectivity index (χ4n) is 3.72. The van der Waals surface area contributed by atoms with E-state index in [1.54, 1.807) is 35.6 Å². The minimum atomic E-state index is -3.66. The highest BCUT2D eigenvalue weighted by molar-refractivity contribution is 7.89. The molecule has 1 aliphatic rings. The van der Waals surface area contributed by atoms with Gasteiger partial charge >= 0.3 is 0 Å². The van der Waals surface area contributed by atoms with E-state index in [1.165, 1.54) is 17.5 Å². The van der Waals surface area contributed by atoms with Crippen LogP contribution in [0.2, 0.25) is 0 Å². The van der Waals surface area contributed by atoms with Crippen LogP contribution >= 0.6 is 11.3 Å². The maximum Gasteiger partial charge on any atom is 0.248 e. The first-order chi connectivity index (χ1) is 15.4. The maximum atomic E-state index is 13.1. The molecule has 7 nitrogen and oxygen atoms in total. The number of methoxy groups -OCH3 is 1. The number of anilines is 1. The van der Waals surface area contributed by atoms with Crippen LogP contribution in [0, 0.1) is 6.92 Å². The molecular weight excluding hydrogens is 446 g/mol. The molecular formula is C23H25N3O4S2. The summed E-state index contributed by atoms with van der Waals surface area (Å²) in [6.45, 7) is 2.97. The second-order valence-electron chi connectivity index (χ2n) is 7.61. The summed E-state index contributed by atoms with van der Waals surface area (Å²) < 4.78 is 34.1. The molecule has 1 N–H and O–H groups in total. The van der Waals surface area contributed by atoms with Gasteiger partial charge < -0.3 is 10.1 Å². The van der Waals surface area contributed by atoms with Crippen molar-refractivity contribution < 1.29 is 17.9 Å². The van der Waals surface area contributed by atoms with Gasteiger partial charge in [-0.3, -0.25) is 4.79 Å². The molecule has 2 aromatic carbocycles. The van der Waals surface area contributed by atoms with Crippen molar-refractivity contribution in [1.29, 1.82) is 0 Å². The highest BCUT2D eigenvalue weighted by Gasteiger charge is 2.29. The van der Waals surface area contributed by atoms with Crippen LogP contribution < -0.4 is 10.1 Å². The molecule has 1 saturated heterocycles. The Kier molecular flexibility index (Phi) is 6.59. The Morgan fingerprint density at radius 3 is 2.69 bits per heavy atom. The van der Waals surface area contributed by atoms with E-state index in [0.29, 0.717) is 30.1 Å². The number of sulfonamides is 1. The lowest BCUT2D eigenvalue weighted by Crippen LogP contribution is -2.35. The molecule has 0 aliphatic carbocycles. The molecule has 0 atom stereocenters. The van der Waals surface area contributed by atoms with Crippen LogP contribution in [0.4, 0.5) is 5.69 Å². The van der Waals surface area contributed by atoms with Crippen LogP contribution in [0.5, 0.6) is 5.75 Å². The summed E-state index contributed by atoms with van der Waals surface area (Å²) in [6, 6.07) is 10.5.